The van der Waals surface area contributed by atoms with Gasteiger partial charge in [0.1, 0.15) is 13.2 Å². The van der Waals surface area contributed by atoms with Crippen LogP contribution in [0.15, 0.2) is 48.5 Å². The molecule has 1 saturated heterocycles. The SMILES string of the molecule is O=C(CCC(=O)N(Cc1ccccc1)CC1CCCO1)c1ccc2c(c1)OCCO2. The van der Waals surface area contributed by atoms with Gasteiger partial charge < -0.3 is 19.1 Å². The molecule has 2 aromatic rings. The predicted molar refractivity (Wildman–Crippen MR) is 112 cm³/mol. The highest BCUT2D eigenvalue weighted by molar-refractivity contribution is 5.98. The van der Waals surface area contributed by atoms with E-state index < -0.39 is 0 Å². The Labute approximate surface area is 176 Å². The van der Waals surface area contributed by atoms with Crippen LogP contribution in [0.5, 0.6) is 11.5 Å². The van der Waals surface area contributed by atoms with Crippen LogP contribution < -0.4 is 9.47 Å². The number of carbonyl (C=O) groups is 2. The van der Waals surface area contributed by atoms with Crippen LogP contribution in [-0.2, 0) is 16.1 Å². The van der Waals surface area contributed by atoms with Crippen LogP contribution in [0.2, 0.25) is 0 Å². The highest BCUT2D eigenvalue weighted by Gasteiger charge is 2.23. The summed E-state index contributed by atoms with van der Waals surface area (Å²) in [6, 6.07) is 15.1. The molecule has 4 rings (SSSR count). The number of carbonyl (C=O) groups excluding carboxylic acids is 2. The summed E-state index contributed by atoms with van der Waals surface area (Å²) in [6.07, 6.45) is 2.41. The molecule has 158 valence electrons. The first kappa shape index (κ1) is 20.4. The van der Waals surface area contributed by atoms with E-state index in [4.69, 9.17) is 14.2 Å². The molecule has 0 spiro atoms. The maximum Gasteiger partial charge on any atom is 0.223 e. The summed E-state index contributed by atoms with van der Waals surface area (Å²) in [7, 11) is 0. The van der Waals surface area contributed by atoms with Gasteiger partial charge in [-0.3, -0.25) is 9.59 Å². The number of Topliss-reactive ketones (excluding diaryl/α,β-unsaturated/α-hetero) is 1. The molecule has 2 aliphatic heterocycles. The third-order valence-electron chi connectivity index (χ3n) is 5.45. The first-order valence-corrected chi connectivity index (χ1v) is 10.6. The van der Waals surface area contributed by atoms with Crippen LogP contribution >= 0.6 is 0 Å². The van der Waals surface area contributed by atoms with Crippen molar-refractivity contribution in [1.82, 2.24) is 4.90 Å². The van der Waals surface area contributed by atoms with Crippen molar-refractivity contribution in [2.75, 3.05) is 26.4 Å². The van der Waals surface area contributed by atoms with Crippen LogP contribution in [0.1, 0.15) is 41.6 Å². The molecule has 6 heteroatoms. The lowest BCUT2D eigenvalue weighted by Gasteiger charge is -2.25. The highest BCUT2D eigenvalue weighted by Crippen LogP contribution is 2.31. The molecule has 0 bridgehead atoms. The minimum atomic E-state index is -0.0721. The Kier molecular flexibility index (Phi) is 6.64. The van der Waals surface area contributed by atoms with Gasteiger partial charge in [0.05, 0.1) is 6.10 Å². The number of nitrogens with zero attached hydrogens (tertiary/aromatic N) is 1. The fourth-order valence-electron chi connectivity index (χ4n) is 3.83. The molecule has 2 aromatic carbocycles. The number of hydrogen-bond donors (Lipinski definition) is 0. The fourth-order valence-corrected chi connectivity index (χ4v) is 3.83. The molecule has 1 unspecified atom stereocenters. The Morgan fingerprint density at radius 3 is 2.50 bits per heavy atom. The third kappa shape index (κ3) is 5.19. The normalized spacial score (nSPS) is 17.5. The van der Waals surface area contributed by atoms with E-state index in [1.54, 1.807) is 18.2 Å². The van der Waals surface area contributed by atoms with Crippen molar-refractivity contribution < 1.29 is 23.8 Å². The van der Waals surface area contributed by atoms with Crippen molar-refractivity contribution in [3.8, 4) is 11.5 Å². The molecule has 0 saturated carbocycles. The molecule has 1 fully saturated rings. The largest absolute Gasteiger partial charge is 0.486 e. The van der Waals surface area contributed by atoms with E-state index in [1.807, 2.05) is 35.2 Å². The number of fused-ring (bicyclic) bond motifs is 1. The summed E-state index contributed by atoms with van der Waals surface area (Å²) in [5.74, 6) is 1.14. The van der Waals surface area contributed by atoms with Gasteiger partial charge in [-0.05, 0) is 36.6 Å². The van der Waals surface area contributed by atoms with E-state index in [9.17, 15) is 9.59 Å². The van der Waals surface area contributed by atoms with Crippen LogP contribution in [0.4, 0.5) is 0 Å². The van der Waals surface area contributed by atoms with Crippen molar-refractivity contribution in [2.24, 2.45) is 0 Å². The molecule has 0 aromatic heterocycles. The topological polar surface area (TPSA) is 65.1 Å². The van der Waals surface area contributed by atoms with E-state index in [1.165, 1.54) is 0 Å². The van der Waals surface area contributed by atoms with Gasteiger partial charge in [0.2, 0.25) is 5.91 Å². The van der Waals surface area contributed by atoms with Crippen molar-refractivity contribution in [1.29, 1.82) is 0 Å². The summed E-state index contributed by atoms with van der Waals surface area (Å²) < 4.78 is 16.8. The number of ether oxygens (including phenoxy) is 3. The second kappa shape index (κ2) is 9.76. The summed E-state index contributed by atoms with van der Waals surface area (Å²) >= 11 is 0. The predicted octanol–water partition coefficient (Wildman–Crippen LogP) is 3.63. The van der Waals surface area contributed by atoms with Gasteiger partial charge in [0.25, 0.3) is 0 Å². The van der Waals surface area contributed by atoms with Crippen LogP contribution in [0, 0.1) is 0 Å². The van der Waals surface area contributed by atoms with E-state index in [0.717, 1.165) is 25.0 Å². The molecule has 1 atom stereocenters. The molecule has 1 amide bonds. The van der Waals surface area contributed by atoms with Gasteiger partial charge >= 0.3 is 0 Å². The minimum absolute atomic E-state index is 0.0275. The molecule has 0 aliphatic carbocycles. The maximum absolute atomic E-state index is 13.0. The summed E-state index contributed by atoms with van der Waals surface area (Å²) in [5.41, 5.74) is 1.61. The number of hydrogen-bond acceptors (Lipinski definition) is 5. The van der Waals surface area contributed by atoms with E-state index >= 15 is 0 Å². The maximum atomic E-state index is 13.0. The monoisotopic (exact) mass is 409 g/mol. The van der Waals surface area contributed by atoms with Crippen molar-refractivity contribution >= 4 is 11.7 Å². The molecule has 30 heavy (non-hydrogen) atoms. The first-order chi connectivity index (χ1) is 14.7. The van der Waals surface area contributed by atoms with Gasteiger partial charge in [-0.15, -0.1) is 0 Å². The van der Waals surface area contributed by atoms with Crippen LogP contribution in [-0.4, -0.2) is 49.1 Å². The Balaban J connectivity index is 1.38. The second-order valence-electron chi connectivity index (χ2n) is 7.68. The molecule has 0 radical (unpaired) electrons. The zero-order valence-corrected chi connectivity index (χ0v) is 17.0. The average molecular weight is 409 g/mol. The number of ketones is 1. The molecule has 2 heterocycles. The molecule has 0 N–H and O–H groups in total. The lowest BCUT2D eigenvalue weighted by molar-refractivity contribution is -0.133. The molecular formula is C24H27NO5. The zero-order valence-electron chi connectivity index (χ0n) is 17.0. The van der Waals surface area contributed by atoms with Crippen molar-refractivity contribution in [3.63, 3.8) is 0 Å². The van der Waals surface area contributed by atoms with Gasteiger partial charge in [-0.25, -0.2) is 0 Å². The average Bonchev–Trinajstić information content (AvgIpc) is 3.30. The Bertz CT molecular complexity index is 876. The van der Waals surface area contributed by atoms with E-state index in [-0.39, 0.29) is 30.6 Å². The number of amides is 1. The smallest absolute Gasteiger partial charge is 0.223 e. The van der Waals surface area contributed by atoms with Crippen molar-refractivity contribution in [3.05, 3.63) is 59.7 Å². The van der Waals surface area contributed by atoms with E-state index in [2.05, 4.69) is 0 Å². The Morgan fingerprint density at radius 2 is 1.73 bits per heavy atom. The second-order valence-corrected chi connectivity index (χ2v) is 7.68. The summed E-state index contributed by atoms with van der Waals surface area (Å²) in [5, 5.41) is 0. The third-order valence-corrected chi connectivity index (χ3v) is 5.45. The molecular weight excluding hydrogens is 382 g/mol. The van der Waals surface area contributed by atoms with Gasteiger partial charge in [0, 0.05) is 38.1 Å². The van der Waals surface area contributed by atoms with Crippen molar-refractivity contribution in [2.45, 2.75) is 38.3 Å². The summed E-state index contributed by atoms with van der Waals surface area (Å²) in [6.45, 7) is 2.82. The fraction of sp³-hybridized carbons (Fsp3) is 0.417. The van der Waals surface area contributed by atoms with Gasteiger partial charge in [0.15, 0.2) is 17.3 Å². The lowest BCUT2D eigenvalue weighted by Crippen LogP contribution is -2.37. The summed E-state index contributed by atoms with van der Waals surface area (Å²) in [4.78, 5) is 27.5. The minimum Gasteiger partial charge on any atom is -0.486 e. The van der Waals surface area contributed by atoms with Gasteiger partial charge in [-0.2, -0.15) is 0 Å². The van der Waals surface area contributed by atoms with Gasteiger partial charge in [-0.1, -0.05) is 30.3 Å². The highest BCUT2D eigenvalue weighted by atomic mass is 16.6. The standard InChI is InChI=1S/C24H27NO5/c26-21(19-8-10-22-23(15-19)30-14-13-29-22)9-11-24(27)25(17-20-7-4-12-28-20)16-18-5-2-1-3-6-18/h1-3,5-6,8,10,15,20H,4,7,9,11-14,16-17H2. The number of rotatable bonds is 8. The molecule has 6 nitrogen and oxygen atoms in total. The number of benzene rings is 2. The lowest BCUT2D eigenvalue weighted by atomic mass is 10.0. The Hall–Kier alpha value is -2.86. The zero-order chi connectivity index (χ0) is 20.8. The quantitative estimate of drug-likeness (QED) is 0.623. The molecule has 2 aliphatic rings. The van der Waals surface area contributed by atoms with Crippen LogP contribution in [0.25, 0.3) is 0 Å². The van der Waals surface area contributed by atoms with E-state index in [0.29, 0.717) is 43.4 Å². The first-order valence-electron chi connectivity index (χ1n) is 10.6. The van der Waals surface area contributed by atoms with Crippen LogP contribution in [0.3, 0.4) is 0 Å². The Morgan fingerprint density at radius 1 is 0.933 bits per heavy atom.